The number of hydroxylamine groups is 1. The van der Waals surface area contributed by atoms with E-state index in [1.165, 1.54) is 0 Å². The highest BCUT2D eigenvalue weighted by Crippen LogP contribution is 2.41. The van der Waals surface area contributed by atoms with Crippen molar-refractivity contribution in [2.75, 3.05) is 13.7 Å². The Hall–Kier alpha value is -0.290. The van der Waals surface area contributed by atoms with Crippen LogP contribution in [0.3, 0.4) is 0 Å². The molecule has 0 aliphatic carbocycles. The minimum absolute atomic E-state index is 0.107. The Morgan fingerprint density at radius 1 is 1.56 bits per heavy atom. The molecule has 5 heteroatoms. The van der Waals surface area contributed by atoms with E-state index in [-0.39, 0.29) is 6.04 Å². The van der Waals surface area contributed by atoms with E-state index in [2.05, 4.69) is 21.4 Å². The molecule has 88 valence electrons. The Balaban J connectivity index is 2.46. The maximum Gasteiger partial charge on any atom is 0.143 e. The van der Waals surface area contributed by atoms with Crippen LogP contribution in [0.25, 0.3) is 0 Å². The average Bonchev–Trinajstić information content (AvgIpc) is 2.48. The van der Waals surface area contributed by atoms with Crippen LogP contribution >= 0.6 is 27.5 Å². The van der Waals surface area contributed by atoms with Gasteiger partial charge < -0.3 is 9.57 Å². The standard InChI is InChI=1S/C11H13BrClNO2/c1-15-14-9-3-2-6-16-11-8(13)5-4-7(12)10(9)11/h4-5,9,14H,2-3,6H2,1H3. The molecule has 0 saturated carbocycles. The number of hydrogen-bond acceptors (Lipinski definition) is 3. The molecule has 2 rings (SSSR count). The second-order valence-corrected chi connectivity index (χ2v) is 4.90. The van der Waals surface area contributed by atoms with Gasteiger partial charge in [0.15, 0.2) is 0 Å². The third kappa shape index (κ3) is 2.35. The molecule has 1 aromatic rings. The number of hydrogen-bond donors (Lipinski definition) is 1. The van der Waals surface area contributed by atoms with E-state index >= 15 is 0 Å². The van der Waals surface area contributed by atoms with Crippen molar-refractivity contribution >= 4 is 27.5 Å². The van der Waals surface area contributed by atoms with Crippen LogP contribution in [-0.2, 0) is 4.84 Å². The molecule has 0 fully saturated rings. The minimum Gasteiger partial charge on any atom is -0.492 e. The van der Waals surface area contributed by atoms with Gasteiger partial charge in [0, 0.05) is 10.0 Å². The summed E-state index contributed by atoms with van der Waals surface area (Å²) in [7, 11) is 1.61. The second kappa shape index (κ2) is 5.36. The lowest BCUT2D eigenvalue weighted by Crippen LogP contribution is -2.20. The van der Waals surface area contributed by atoms with E-state index in [4.69, 9.17) is 21.2 Å². The van der Waals surface area contributed by atoms with Crippen molar-refractivity contribution in [1.82, 2.24) is 5.48 Å². The van der Waals surface area contributed by atoms with Crippen LogP contribution in [-0.4, -0.2) is 13.7 Å². The molecule has 3 nitrogen and oxygen atoms in total. The van der Waals surface area contributed by atoms with Gasteiger partial charge in [-0.05, 0) is 25.0 Å². The van der Waals surface area contributed by atoms with Gasteiger partial charge >= 0.3 is 0 Å². The summed E-state index contributed by atoms with van der Waals surface area (Å²) in [5.41, 5.74) is 4.01. The smallest absolute Gasteiger partial charge is 0.143 e. The third-order valence-electron chi connectivity index (χ3n) is 2.59. The number of ether oxygens (including phenoxy) is 1. The summed E-state index contributed by atoms with van der Waals surface area (Å²) in [6, 6.07) is 3.87. The van der Waals surface area contributed by atoms with E-state index in [0.717, 1.165) is 28.6 Å². The van der Waals surface area contributed by atoms with Crippen molar-refractivity contribution in [2.45, 2.75) is 18.9 Å². The summed E-state index contributed by atoms with van der Waals surface area (Å²) in [5, 5.41) is 0.642. The van der Waals surface area contributed by atoms with Gasteiger partial charge in [-0.25, -0.2) is 0 Å². The van der Waals surface area contributed by atoms with E-state index in [1.807, 2.05) is 12.1 Å². The first-order valence-electron chi connectivity index (χ1n) is 5.13. The van der Waals surface area contributed by atoms with Gasteiger partial charge in [0.25, 0.3) is 0 Å². The number of benzene rings is 1. The number of nitrogens with one attached hydrogen (secondary N) is 1. The molecule has 0 radical (unpaired) electrons. The molecular weight excluding hydrogens is 293 g/mol. The summed E-state index contributed by atoms with van der Waals surface area (Å²) in [6.45, 7) is 0.686. The van der Waals surface area contributed by atoms with Crippen LogP contribution in [0.4, 0.5) is 0 Å². The fourth-order valence-corrected chi connectivity index (χ4v) is 2.69. The van der Waals surface area contributed by atoms with Gasteiger partial charge in [-0.2, -0.15) is 5.48 Å². The van der Waals surface area contributed by atoms with Gasteiger partial charge in [-0.1, -0.05) is 27.5 Å². The van der Waals surface area contributed by atoms with E-state index in [1.54, 1.807) is 7.11 Å². The third-order valence-corrected chi connectivity index (χ3v) is 3.58. The fourth-order valence-electron chi connectivity index (χ4n) is 1.89. The summed E-state index contributed by atoms with van der Waals surface area (Å²) < 4.78 is 6.67. The predicted octanol–water partition coefficient (Wildman–Crippen LogP) is 3.47. The molecular formula is C11H13BrClNO2. The van der Waals surface area contributed by atoms with Crippen molar-refractivity contribution in [3.05, 3.63) is 27.2 Å². The van der Waals surface area contributed by atoms with E-state index < -0.39 is 0 Å². The minimum atomic E-state index is 0.107. The van der Waals surface area contributed by atoms with E-state index in [0.29, 0.717) is 11.6 Å². The molecule has 0 saturated heterocycles. The Kier molecular flexibility index (Phi) is 4.08. The molecule has 16 heavy (non-hydrogen) atoms. The molecule has 1 atom stereocenters. The zero-order chi connectivity index (χ0) is 11.5. The molecule has 0 bridgehead atoms. The maximum atomic E-state index is 6.14. The van der Waals surface area contributed by atoms with Gasteiger partial charge in [0.05, 0.1) is 24.8 Å². The van der Waals surface area contributed by atoms with Crippen molar-refractivity contribution in [2.24, 2.45) is 0 Å². The van der Waals surface area contributed by atoms with Crippen LogP contribution in [0.2, 0.25) is 5.02 Å². The summed E-state index contributed by atoms with van der Waals surface area (Å²) in [5.74, 6) is 0.753. The van der Waals surface area contributed by atoms with Crippen LogP contribution in [0.5, 0.6) is 5.75 Å². The number of halogens is 2. The summed E-state index contributed by atoms with van der Waals surface area (Å²) in [6.07, 6.45) is 1.93. The first-order valence-corrected chi connectivity index (χ1v) is 6.30. The summed E-state index contributed by atoms with van der Waals surface area (Å²) >= 11 is 9.66. The highest BCUT2D eigenvalue weighted by molar-refractivity contribution is 9.10. The molecule has 1 aromatic carbocycles. The Labute approximate surface area is 108 Å². The molecule has 1 unspecified atom stereocenters. The topological polar surface area (TPSA) is 30.5 Å². The highest BCUT2D eigenvalue weighted by Gasteiger charge is 2.24. The van der Waals surface area contributed by atoms with Crippen LogP contribution in [0.1, 0.15) is 24.4 Å². The molecule has 1 heterocycles. The van der Waals surface area contributed by atoms with Gasteiger partial charge in [0.1, 0.15) is 5.75 Å². The molecule has 0 amide bonds. The molecule has 0 aromatic heterocycles. The Bertz CT molecular complexity index is 386. The normalized spacial score (nSPS) is 19.8. The molecule has 0 spiro atoms. The Morgan fingerprint density at radius 3 is 3.12 bits per heavy atom. The Morgan fingerprint density at radius 2 is 2.38 bits per heavy atom. The van der Waals surface area contributed by atoms with Gasteiger partial charge in [-0.15, -0.1) is 0 Å². The monoisotopic (exact) mass is 305 g/mol. The van der Waals surface area contributed by atoms with Gasteiger partial charge in [-0.3, -0.25) is 0 Å². The first kappa shape index (κ1) is 12.2. The molecule has 1 aliphatic heterocycles. The second-order valence-electron chi connectivity index (χ2n) is 3.64. The fraction of sp³-hybridized carbons (Fsp3) is 0.455. The van der Waals surface area contributed by atoms with E-state index in [9.17, 15) is 0 Å². The van der Waals surface area contributed by atoms with Crippen molar-refractivity contribution in [3.8, 4) is 5.75 Å². The van der Waals surface area contributed by atoms with Crippen LogP contribution < -0.4 is 10.2 Å². The lowest BCUT2D eigenvalue weighted by atomic mass is 10.0. The largest absolute Gasteiger partial charge is 0.492 e. The van der Waals surface area contributed by atoms with Gasteiger partial charge in [0.2, 0.25) is 0 Å². The zero-order valence-corrected chi connectivity index (χ0v) is 11.3. The van der Waals surface area contributed by atoms with Crippen molar-refractivity contribution in [1.29, 1.82) is 0 Å². The number of fused-ring (bicyclic) bond motifs is 1. The van der Waals surface area contributed by atoms with Crippen molar-refractivity contribution < 1.29 is 9.57 Å². The average molecular weight is 307 g/mol. The zero-order valence-electron chi connectivity index (χ0n) is 8.93. The SMILES string of the molecule is CONC1CCCOc2c(Cl)ccc(Br)c21. The quantitative estimate of drug-likeness (QED) is 0.849. The molecule has 1 N–H and O–H groups in total. The lowest BCUT2D eigenvalue weighted by Gasteiger charge is -2.18. The van der Waals surface area contributed by atoms with Crippen LogP contribution in [0, 0.1) is 0 Å². The van der Waals surface area contributed by atoms with Crippen molar-refractivity contribution in [3.63, 3.8) is 0 Å². The summed E-state index contributed by atoms with van der Waals surface area (Å²) in [4.78, 5) is 5.02. The lowest BCUT2D eigenvalue weighted by molar-refractivity contribution is 0.0578. The molecule has 1 aliphatic rings. The highest BCUT2D eigenvalue weighted by atomic mass is 79.9. The number of rotatable bonds is 2. The first-order chi connectivity index (χ1) is 7.74. The predicted molar refractivity (Wildman–Crippen MR) is 66.8 cm³/mol. The maximum absolute atomic E-state index is 6.14. The van der Waals surface area contributed by atoms with Crippen LogP contribution in [0.15, 0.2) is 16.6 Å².